The van der Waals surface area contributed by atoms with Gasteiger partial charge in [0.15, 0.2) is 0 Å². The molecule has 0 heterocycles. The van der Waals surface area contributed by atoms with Crippen LogP contribution in [0.4, 0.5) is 0 Å². The third-order valence-electron chi connectivity index (χ3n) is 3.31. The van der Waals surface area contributed by atoms with Gasteiger partial charge in [0.25, 0.3) is 0 Å². The van der Waals surface area contributed by atoms with Crippen LogP contribution in [-0.4, -0.2) is 11.7 Å². The van der Waals surface area contributed by atoms with E-state index in [0.29, 0.717) is 5.71 Å². The van der Waals surface area contributed by atoms with Crippen LogP contribution in [0.2, 0.25) is 0 Å². The van der Waals surface area contributed by atoms with Crippen molar-refractivity contribution in [3.8, 4) is 0 Å². The average Bonchev–Trinajstić information content (AvgIpc) is 2.59. The summed E-state index contributed by atoms with van der Waals surface area (Å²) < 4.78 is 5.32. The first kappa shape index (κ1) is 16.0. The van der Waals surface area contributed by atoms with Gasteiger partial charge in [-0.2, -0.15) is 0 Å². The Labute approximate surface area is 131 Å². The van der Waals surface area contributed by atoms with Crippen LogP contribution < -0.4 is 0 Å². The van der Waals surface area contributed by atoms with Gasteiger partial charge in [-0.25, -0.2) is 4.79 Å². The van der Waals surface area contributed by atoms with Crippen molar-refractivity contribution in [2.45, 2.75) is 26.5 Å². The summed E-state index contributed by atoms with van der Waals surface area (Å²) in [6.45, 7) is 4.01. The minimum Gasteiger partial charge on any atom is -0.456 e. The summed E-state index contributed by atoms with van der Waals surface area (Å²) in [5, 5.41) is 0. The summed E-state index contributed by atoms with van der Waals surface area (Å²) in [6.07, 6.45) is 1.69. The van der Waals surface area contributed by atoms with Crippen LogP contribution in [0, 0.1) is 6.42 Å². The number of carbonyl (C=O) groups is 1. The monoisotopic (exact) mass is 294 g/mol. The van der Waals surface area contributed by atoms with Crippen molar-refractivity contribution in [2.75, 3.05) is 0 Å². The number of nitrogens with zero attached hydrogens (tertiary/aromatic N) is 1. The largest absolute Gasteiger partial charge is 0.456 e. The van der Waals surface area contributed by atoms with Crippen molar-refractivity contribution in [3.05, 3.63) is 78.2 Å². The first-order valence-electron chi connectivity index (χ1n) is 7.34. The van der Waals surface area contributed by atoms with Gasteiger partial charge in [-0.05, 0) is 18.1 Å². The predicted octanol–water partition coefficient (Wildman–Crippen LogP) is 4.16. The van der Waals surface area contributed by atoms with Gasteiger partial charge in [0.05, 0.1) is 6.04 Å². The lowest BCUT2D eigenvalue weighted by atomic mass is 10.1. The lowest BCUT2D eigenvalue weighted by Gasteiger charge is -2.10. The van der Waals surface area contributed by atoms with Crippen LogP contribution in [-0.2, 0) is 16.1 Å². The van der Waals surface area contributed by atoms with Gasteiger partial charge in [0, 0.05) is 6.42 Å². The number of hydrogen-bond donors (Lipinski definition) is 0. The van der Waals surface area contributed by atoms with E-state index in [2.05, 4.69) is 4.99 Å². The van der Waals surface area contributed by atoms with Gasteiger partial charge in [0.1, 0.15) is 12.3 Å². The summed E-state index contributed by atoms with van der Waals surface area (Å²) >= 11 is 0. The molecule has 0 amide bonds. The molecule has 1 atom stereocenters. The third kappa shape index (κ3) is 4.55. The van der Waals surface area contributed by atoms with Crippen molar-refractivity contribution in [1.82, 2.24) is 0 Å². The molecule has 0 aromatic heterocycles. The molecule has 0 bridgehead atoms. The molecule has 0 spiro atoms. The number of rotatable bonds is 6. The minimum atomic E-state index is -0.394. The van der Waals surface area contributed by atoms with Crippen molar-refractivity contribution in [1.29, 1.82) is 0 Å². The van der Waals surface area contributed by atoms with E-state index >= 15 is 0 Å². The molecule has 0 N–H and O–H groups in total. The van der Waals surface area contributed by atoms with Crippen molar-refractivity contribution in [3.63, 3.8) is 0 Å². The molecule has 0 fully saturated rings. The molecular formula is C19H20NO2. The number of hydrogen-bond acceptors (Lipinski definition) is 3. The molecule has 2 aromatic carbocycles. The van der Waals surface area contributed by atoms with Crippen molar-refractivity contribution < 1.29 is 9.53 Å². The molecule has 1 radical (unpaired) electrons. The van der Waals surface area contributed by atoms with Crippen LogP contribution in [0.3, 0.4) is 0 Å². The maximum Gasteiger partial charge on any atom is 0.352 e. The molecular weight excluding hydrogens is 274 g/mol. The van der Waals surface area contributed by atoms with Gasteiger partial charge in [-0.15, -0.1) is 0 Å². The Morgan fingerprint density at radius 2 is 1.68 bits per heavy atom. The standard InChI is InChI=1S/C19H20NO2/c1-3-18(20-15(2)17-12-8-5-9-13-17)19(21)22-14-16-10-6-4-7-11-16/h3-13,15H,14H2,1-2H3/t15-/m1/s1. The zero-order chi connectivity index (χ0) is 15.8. The van der Waals surface area contributed by atoms with E-state index in [4.69, 9.17) is 4.74 Å². The lowest BCUT2D eigenvalue weighted by Crippen LogP contribution is -2.18. The second kappa shape index (κ2) is 8.13. The first-order chi connectivity index (χ1) is 10.7. The average molecular weight is 294 g/mol. The fourth-order valence-electron chi connectivity index (χ4n) is 2.06. The quantitative estimate of drug-likeness (QED) is 0.593. The number of aliphatic imine (C=N–C) groups is 1. The molecule has 2 aromatic rings. The van der Waals surface area contributed by atoms with Crippen LogP contribution in [0.1, 0.15) is 31.0 Å². The first-order valence-corrected chi connectivity index (χ1v) is 7.34. The van der Waals surface area contributed by atoms with Gasteiger partial charge < -0.3 is 4.74 Å². The summed E-state index contributed by atoms with van der Waals surface area (Å²) in [6, 6.07) is 19.4. The molecule has 3 nitrogen and oxygen atoms in total. The van der Waals surface area contributed by atoms with E-state index in [1.165, 1.54) is 0 Å². The summed E-state index contributed by atoms with van der Waals surface area (Å²) in [7, 11) is 0. The molecule has 113 valence electrons. The molecule has 0 aliphatic heterocycles. The fourth-order valence-corrected chi connectivity index (χ4v) is 2.06. The van der Waals surface area contributed by atoms with E-state index in [0.717, 1.165) is 11.1 Å². The highest BCUT2D eigenvalue weighted by molar-refractivity contribution is 6.39. The Morgan fingerprint density at radius 1 is 1.09 bits per heavy atom. The summed E-state index contributed by atoms with van der Waals surface area (Å²) in [4.78, 5) is 16.6. The van der Waals surface area contributed by atoms with Gasteiger partial charge >= 0.3 is 5.97 Å². The number of ether oxygens (including phenoxy) is 1. The molecule has 3 heteroatoms. The van der Waals surface area contributed by atoms with E-state index in [-0.39, 0.29) is 12.6 Å². The zero-order valence-corrected chi connectivity index (χ0v) is 12.9. The number of benzene rings is 2. The Kier molecular flexibility index (Phi) is 5.90. The van der Waals surface area contributed by atoms with Crippen molar-refractivity contribution >= 4 is 11.7 Å². The maximum absolute atomic E-state index is 12.1. The second-order valence-electron chi connectivity index (χ2n) is 4.95. The highest BCUT2D eigenvalue weighted by Crippen LogP contribution is 2.16. The van der Waals surface area contributed by atoms with Gasteiger partial charge in [-0.3, -0.25) is 4.99 Å². The smallest absolute Gasteiger partial charge is 0.352 e. The second-order valence-corrected chi connectivity index (χ2v) is 4.95. The van der Waals surface area contributed by atoms with Crippen LogP contribution in [0.25, 0.3) is 0 Å². The molecule has 0 saturated carbocycles. The van der Waals surface area contributed by atoms with Gasteiger partial charge in [-0.1, -0.05) is 67.6 Å². The molecule has 0 unspecified atom stereocenters. The van der Waals surface area contributed by atoms with E-state index in [1.807, 2.05) is 67.6 Å². The van der Waals surface area contributed by atoms with Crippen LogP contribution in [0.5, 0.6) is 0 Å². The van der Waals surface area contributed by atoms with Crippen LogP contribution >= 0.6 is 0 Å². The Balaban J connectivity index is 2.00. The SMILES string of the molecule is C[CH]C(=N[C@H](C)c1ccccc1)C(=O)OCc1ccccc1. The number of carbonyl (C=O) groups excluding carboxylic acids is 1. The molecule has 0 saturated heterocycles. The van der Waals surface area contributed by atoms with Crippen molar-refractivity contribution in [2.24, 2.45) is 4.99 Å². The zero-order valence-electron chi connectivity index (χ0n) is 12.9. The van der Waals surface area contributed by atoms with E-state index < -0.39 is 5.97 Å². The normalized spacial score (nSPS) is 12.7. The number of esters is 1. The Bertz CT molecular complexity index is 620. The third-order valence-corrected chi connectivity index (χ3v) is 3.31. The fraction of sp³-hybridized carbons (Fsp3) is 0.211. The van der Waals surface area contributed by atoms with E-state index in [1.54, 1.807) is 13.3 Å². The summed E-state index contributed by atoms with van der Waals surface area (Å²) in [5.74, 6) is -0.394. The highest BCUT2D eigenvalue weighted by atomic mass is 16.5. The molecule has 0 aliphatic carbocycles. The summed E-state index contributed by atoms with van der Waals surface area (Å²) in [5.41, 5.74) is 2.38. The maximum atomic E-state index is 12.1. The van der Waals surface area contributed by atoms with E-state index in [9.17, 15) is 4.79 Å². The van der Waals surface area contributed by atoms with Gasteiger partial charge in [0.2, 0.25) is 0 Å². The topological polar surface area (TPSA) is 38.7 Å². The predicted molar refractivity (Wildman–Crippen MR) is 88.5 cm³/mol. The molecule has 2 rings (SSSR count). The highest BCUT2D eigenvalue weighted by Gasteiger charge is 2.13. The molecule has 0 aliphatic rings. The molecule has 22 heavy (non-hydrogen) atoms. The lowest BCUT2D eigenvalue weighted by molar-refractivity contribution is -0.136. The van der Waals surface area contributed by atoms with Crippen LogP contribution in [0.15, 0.2) is 65.7 Å². The Hall–Kier alpha value is -2.42. The Morgan fingerprint density at radius 3 is 2.27 bits per heavy atom. The minimum absolute atomic E-state index is 0.0864.